The van der Waals surface area contributed by atoms with Gasteiger partial charge in [0.15, 0.2) is 0 Å². The van der Waals surface area contributed by atoms with Crippen LogP contribution in [0.25, 0.3) is 21.8 Å². The second-order valence-corrected chi connectivity index (χ2v) is 6.15. The van der Waals surface area contributed by atoms with E-state index in [4.69, 9.17) is 4.98 Å². The van der Waals surface area contributed by atoms with Crippen molar-refractivity contribution in [3.05, 3.63) is 65.5 Å². The molecule has 1 heterocycles. The van der Waals surface area contributed by atoms with E-state index in [0.29, 0.717) is 5.92 Å². The van der Waals surface area contributed by atoms with Gasteiger partial charge in [0.05, 0.1) is 5.69 Å². The molecule has 0 bridgehead atoms. The quantitative estimate of drug-likeness (QED) is 0.608. The monoisotopic (exact) mass is 279 g/mol. The fraction of sp³-hybridized carbons (Fsp3) is 0.167. The maximum atomic E-state index is 4.89. The fourth-order valence-electron chi connectivity index (χ4n) is 2.23. The van der Waals surface area contributed by atoms with Gasteiger partial charge in [-0.2, -0.15) is 0 Å². The van der Waals surface area contributed by atoms with Gasteiger partial charge in [-0.1, -0.05) is 74.5 Å². The number of hydrogen-bond acceptors (Lipinski definition) is 2. The molecule has 20 heavy (non-hydrogen) atoms. The number of thiazole rings is 1. The molecule has 1 nitrogen and oxygen atoms in total. The van der Waals surface area contributed by atoms with Crippen molar-refractivity contribution >= 4 is 11.3 Å². The van der Waals surface area contributed by atoms with Crippen LogP contribution in [0.15, 0.2) is 60.7 Å². The Kier molecular flexibility index (Phi) is 3.66. The van der Waals surface area contributed by atoms with E-state index in [0.717, 1.165) is 10.7 Å². The number of nitrogens with zero attached hydrogens (tertiary/aromatic N) is 1. The first-order valence-electron chi connectivity index (χ1n) is 6.87. The van der Waals surface area contributed by atoms with E-state index >= 15 is 0 Å². The Morgan fingerprint density at radius 3 is 1.90 bits per heavy atom. The van der Waals surface area contributed by atoms with Gasteiger partial charge >= 0.3 is 0 Å². The highest BCUT2D eigenvalue weighted by Crippen LogP contribution is 2.37. The second kappa shape index (κ2) is 5.59. The summed E-state index contributed by atoms with van der Waals surface area (Å²) >= 11 is 1.80. The highest BCUT2D eigenvalue weighted by Gasteiger charge is 2.16. The number of hydrogen-bond donors (Lipinski definition) is 0. The van der Waals surface area contributed by atoms with Gasteiger partial charge < -0.3 is 0 Å². The maximum Gasteiger partial charge on any atom is 0.124 e. The van der Waals surface area contributed by atoms with Crippen LogP contribution >= 0.6 is 11.3 Å². The van der Waals surface area contributed by atoms with Crippen LogP contribution < -0.4 is 0 Å². The van der Waals surface area contributed by atoms with Crippen LogP contribution in [0.1, 0.15) is 24.6 Å². The van der Waals surface area contributed by atoms with Crippen LogP contribution in [-0.4, -0.2) is 4.98 Å². The summed E-state index contributed by atoms with van der Waals surface area (Å²) in [5, 5.41) is 1.10. The summed E-state index contributed by atoms with van der Waals surface area (Å²) in [6.45, 7) is 4.46. The van der Waals surface area contributed by atoms with Crippen molar-refractivity contribution in [2.45, 2.75) is 19.8 Å². The molecule has 2 heteroatoms. The van der Waals surface area contributed by atoms with Crippen LogP contribution in [0.4, 0.5) is 0 Å². The minimum atomic E-state index is 0.486. The Labute approximate surface area is 124 Å². The van der Waals surface area contributed by atoms with E-state index < -0.39 is 0 Å². The molecule has 3 rings (SSSR count). The molecule has 0 saturated carbocycles. The number of aromatic nitrogens is 1. The first-order valence-corrected chi connectivity index (χ1v) is 7.69. The molecule has 0 radical (unpaired) electrons. The van der Waals surface area contributed by atoms with E-state index in [-0.39, 0.29) is 0 Å². The third kappa shape index (κ3) is 2.52. The Morgan fingerprint density at radius 1 is 0.800 bits per heavy atom. The van der Waals surface area contributed by atoms with Crippen LogP contribution in [0.2, 0.25) is 0 Å². The summed E-state index contributed by atoms with van der Waals surface area (Å²) in [6.07, 6.45) is 0. The number of benzene rings is 2. The molecule has 0 N–H and O–H groups in total. The average molecular weight is 279 g/mol. The minimum Gasteiger partial charge on any atom is -0.236 e. The first kappa shape index (κ1) is 13.1. The lowest BCUT2D eigenvalue weighted by Crippen LogP contribution is -1.87. The van der Waals surface area contributed by atoms with Crippen molar-refractivity contribution < 1.29 is 0 Å². The summed E-state index contributed by atoms with van der Waals surface area (Å²) in [6, 6.07) is 20.9. The third-order valence-corrected chi connectivity index (χ3v) is 4.65. The lowest BCUT2D eigenvalue weighted by atomic mass is 10.1. The lowest BCUT2D eigenvalue weighted by Gasteiger charge is -2.04. The van der Waals surface area contributed by atoms with Gasteiger partial charge in [0.25, 0.3) is 0 Å². The van der Waals surface area contributed by atoms with E-state index in [9.17, 15) is 0 Å². The van der Waals surface area contributed by atoms with Gasteiger partial charge in [-0.25, -0.2) is 4.98 Å². The van der Waals surface area contributed by atoms with E-state index in [2.05, 4.69) is 62.4 Å². The van der Waals surface area contributed by atoms with Crippen molar-refractivity contribution in [3.63, 3.8) is 0 Å². The second-order valence-electron chi connectivity index (χ2n) is 5.12. The normalized spacial score (nSPS) is 10.9. The van der Waals surface area contributed by atoms with Crippen LogP contribution in [0.3, 0.4) is 0 Å². The molecule has 0 saturated heterocycles. The van der Waals surface area contributed by atoms with Crippen LogP contribution in [0, 0.1) is 0 Å². The topological polar surface area (TPSA) is 12.9 Å². The zero-order chi connectivity index (χ0) is 13.9. The zero-order valence-electron chi connectivity index (χ0n) is 11.7. The Morgan fingerprint density at radius 2 is 1.35 bits per heavy atom. The fourth-order valence-corrected chi connectivity index (χ4v) is 3.33. The Bertz CT molecular complexity index is 684. The molecule has 2 aromatic carbocycles. The highest BCUT2D eigenvalue weighted by atomic mass is 32.1. The maximum absolute atomic E-state index is 4.89. The van der Waals surface area contributed by atoms with Crippen molar-refractivity contribution in [1.82, 2.24) is 4.98 Å². The Hall–Kier alpha value is -1.93. The van der Waals surface area contributed by atoms with Gasteiger partial charge in [0, 0.05) is 16.0 Å². The average Bonchev–Trinajstić information content (AvgIpc) is 2.94. The van der Waals surface area contributed by atoms with E-state index in [1.807, 2.05) is 12.1 Å². The molecule has 1 aromatic heterocycles. The SMILES string of the molecule is CC(C)c1sc(-c2ccccc2)nc1-c1ccccc1. The molecular weight excluding hydrogens is 262 g/mol. The van der Waals surface area contributed by atoms with Crippen molar-refractivity contribution in [2.75, 3.05) is 0 Å². The lowest BCUT2D eigenvalue weighted by molar-refractivity contribution is 0.888. The smallest absolute Gasteiger partial charge is 0.124 e. The molecule has 3 aromatic rings. The van der Waals surface area contributed by atoms with E-state index in [1.165, 1.54) is 16.0 Å². The molecule has 0 atom stereocenters. The minimum absolute atomic E-state index is 0.486. The van der Waals surface area contributed by atoms with Gasteiger partial charge in [-0.3, -0.25) is 0 Å². The summed E-state index contributed by atoms with van der Waals surface area (Å²) in [5.41, 5.74) is 3.53. The van der Waals surface area contributed by atoms with E-state index in [1.54, 1.807) is 11.3 Å². The third-order valence-electron chi connectivity index (χ3n) is 3.25. The molecule has 100 valence electrons. The summed E-state index contributed by atoms with van der Waals surface area (Å²) in [5.74, 6) is 0.486. The molecule has 0 unspecified atom stereocenters. The van der Waals surface area contributed by atoms with Gasteiger partial charge in [0.1, 0.15) is 5.01 Å². The van der Waals surface area contributed by atoms with Crippen molar-refractivity contribution in [3.8, 4) is 21.8 Å². The van der Waals surface area contributed by atoms with Crippen molar-refractivity contribution in [2.24, 2.45) is 0 Å². The predicted octanol–water partition coefficient (Wildman–Crippen LogP) is 5.60. The van der Waals surface area contributed by atoms with Crippen LogP contribution in [0.5, 0.6) is 0 Å². The zero-order valence-corrected chi connectivity index (χ0v) is 12.5. The van der Waals surface area contributed by atoms with Gasteiger partial charge in [0.2, 0.25) is 0 Å². The first-order chi connectivity index (χ1) is 9.75. The highest BCUT2D eigenvalue weighted by molar-refractivity contribution is 7.15. The summed E-state index contributed by atoms with van der Waals surface area (Å²) in [7, 11) is 0. The van der Waals surface area contributed by atoms with Gasteiger partial charge in [-0.05, 0) is 5.92 Å². The van der Waals surface area contributed by atoms with Gasteiger partial charge in [-0.15, -0.1) is 11.3 Å². The summed E-state index contributed by atoms with van der Waals surface area (Å²) < 4.78 is 0. The summed E-state index contributed by atoms with van der Waals surface area (Å²) in [4.78, 5) is 6.25. The molecule has 0 fully saturated rings. The molecule has 0 amide bonds. The Balaban J connectivity index is 2.13. The molecule has 0 spiro atoms. The predicted molar refractivity (Wildman–Crippen MR) is 87.1 cm³/mol. The number of rotatable bonds is 3. The standard InChI is InChI=1S/C18H17NS/c1-13(2)17-16(14-9-5-3-6-10-14)19-18(20-17)15-11-7-4-8-12-15/h3-13H,1-2H3. The largest absolute Gasteiger partial charge is 0.236 e. The molecule has 0 aliphatic carbocycles. The molecule has 0 aliphatic rings. The molecule has 0 aliphatic heterocycles. The molecular formula is C18H17NS. The van der Waals surface area contributed by atoms with Crippen molar-refractivity contribution in [1.29, 1.82) is 0 Å². The van der Waals surface area contributed by atoms with Crippen LogP contribution in [-0.2, 0) is 0 Å².